The van der Waals surface area contributed by atoms with Gasteiger partial charge in [-0.15, -0.1) is 0 Å². The van der Waals surface area contributed by atoms with Crippen molar-refractivity contribution < 1.29 is 28.9 Å². The standard InChI is InChI=1S/C26H23IN2O7S/c1-4-17-21(25(33)35-3)22(15-8-6-5-7-9-15)29-24(32)19(37-26(29)28-17)12-14-10-16(27)23(18(11-14)34-2)36-13-20(30)31/h5-12,22H,4,13H2,1-3H3,(H,30,31)/b19-12-/t22-/m0/s1. The summed E-state index contributed by atoms with van der Waals surface area (Å²) in [6, 6.07) is 12.1. The van der Waals surface area contributed by atoms with Crippen LogP contribution in [-0.4, -0.2) is 42.4 Å². The van der Waals surface area contributed by atoms with Gasteiger partial charge in [0, 0.05) is 0 Å². The van der Waals surface area contributed by atoms with Crippen LogP contribution in [0.1, 0.15) is 30.5 Å². The topological polar surface area (TPSA) is 116 Å². The first-order valence-electron chi connectivity index (χ1n) is 11.2. The number of thiazole rings is 1. The monoisotopic (exact) mass is 634 g/mol. The number of carbonyl (C=O) groups excluding carboxylic acids is 1. The highest BCUT2D eigenvalue weighted by molar-refractivity contribution is 14.1. The maximum absolute atomic E-state index is 13.7. The number of benzene rings is 2. The summed E-state index contributed by atoms with van der Waals surface area (Å²) in [5.74, 6) is -0.979. The minimum absolute atomic E-state index is 0.297. The van der Waals surface area contributed by atoms with Crippen LogP contribution in [-0.2, 0) is 14.3 Å². The van der Waals surface area contributed by atoms with E-state index in [9.17, 15) is 14.4 Å². The predicted octanol–water partition coefficient (Wildman–Crippen LogP) is 2.87. The molecule has 0 saturated carbocycles. The molecule has 0 radical (unpaired) electrons. The quantitative estimate of drug-likeness (QED) is 0.299. The fourth-order valence-corrected chi connectivity index (χ4v) is 5.86. The second-order valence-electron chi connectivity index (χ2n) is 7.92. The smallest absolute Gasteiger partial charge is 0.341 e. The van der Waals surface area contributed by atoms with Crippen LogP contribution in [0.3, 0.4) is 0 Å². The van der Waals surface area contributed by atoms with Crippen molar-refractivity contribution >= 4 is 51.9 Å². The van der Waals surface area contributed by atoms with E-state index in [1.165, 1.54) is 30.1 Å². The van der Waals surface area contributed by atoms with Gasteiger partial charge in [0.05, 0.1) is 39.6 Å². The van der Waals surface area contributed by atoms with Crippen LogP contribution < -0.4 is 24.4 Å². The zero-order valence-electron chi connectivity index (χ0n) is 20.2. The maximum Gasteiger partial charge on any atom is 0.341 e. The van der Waals surface area contributed by atoms with E-state index in [0.29, 0.717) is 47.7 Å². The number of aromatic nitrogens is 1. The Bertz CT molecular complexity index is 1570. The van der Waals surface area contributed by atoms with Crippen LogP contribution in [0.15, 0.2) is 63.5 Å². The van der Waals surface area contributed by atoms with Gasteiger partial charge in [-0.2, -0.15) is 0 Å². The largest absolute Gasteiger partial charge is 0.493 e. The van der Waals surface area contributed by atoms with Crippen molar-refractivity contribution in [2.45, 2.75) is 19.4 Å². The summed E-state index contributed by atoms with van der Waals surface area (Å²) in [5, 5.41) is 8.95. The molecule has 192 valence electrons. The highest BCUT2D eigenvalue weighted by atomic mass is 127. The Labute approximate surface area is 229 Å². The van der Waals surface area contributed by atoms with Gasteiger partial charge in [-0.05, 0) is 58.3 Å². The van der Waals surface area contributed by atoms with E-state index in [-0.39, 0.29) is 5.56 Å². The molecule has 9 nitrogen and oxygen atoms in total. The number of halogens is 1. The summed E-state index contributed by atoms with van der Waals surface area (Å²) < 4.78 is 18.4. The van der Waals surface area contributed by atoms with E-state index in [1.54, 1.807) is 18.2 Å². The van der Waals surface area contributed by atoms with Gasteiger partial charge in [0.2, 0.25) is 0 Å². The van der Waals surface area contributed by atoms with Crippen molar-refractivity contribution in [1.29, 1.82) is 0 Å². The second kappa shape index (κ2) is 11.3. The van der Waals surface area contributed by atoms with Gasteiger partial charge >= 0.3 is 11.9 Å². The number of hydrogen-bond donors (Lipinski definition) is 1. The number of carboxylic acid groups (broad SMARTS) is 1. The molecular formula is C26H23IN2O7S. The number of esters is 1. The molecule has 2 aromatic carbocycles. The lowest BCUT2D eigenvalue weighted by Crippen LogP contribution is -2.40. The molecule has 0 aliphatic carbocycles. The Morgan fingerprint density at radius 1 is 1.22 bits per heavy atom. The van der Waals surface area contributed by atoms with Gasteiger partial charge in [0.1, 0.15) is 0 Å². The van der Waals surface area contributed by atoms with Gasteiger partial charge in [-0.25, -0.2) is 14.6 Å². The molecule has 1 aliphatic heterocycles. The number of allylic oxidation sites excluding steroid dienone is 1. The predicted molar refractivity (Wildman–Crippen MR) is 146 cm³/mol. The SMILES string of the molecule is CCC1=C(C(=O)OC)[C@H](c2ccccc2)n2c(s/c(=C\c3cc(I)c(OCC(=O)O)c(OC)c3)c2=O)=N1. The number of methoxy groups -OCH3 is 2. The molecule has 4 rings (SSSR count). The number of carboxylic acids is 1. The summed E-state index contributed by atoms with van der Waals surface area (Å²) in [6.07, 6.45) is 2.21. The first kappa shape index (κ1) is 26.6. The third kappa shape index (κ3) is 5.32. The Morgan fingerprint density at radius 2 is 1.95 bits per heavy atom. The first-order valence-corrected chi connectivity index (χ1v) is 13.1. The van der Waals surface area contributed by atoms with Gasteiger partial charge in [-0.1, -0.05) is 48.6 Å². The summed E-state index contributed by atoms with van der Waals surface area (Å²) in [5.41, 5.74) is 2.05. The van der Waals surface area contributed by atoms with E-state index < -0.39 is 24.6 Å². The third-order valence-corrected chi connectivity index (χ3v) is 7.44. The highest BCUT2D eigenvalue weighted by Gasteiger charge is 2.33. The average molecular weight is 634 g/mol. The molecule has 0 amide bonds. The number of ether oxygens (including phenoxy) is 3. The molecule has 0 unspecified atom stereocenters. The molecule has 2 heterocycles. The van der Waals surface area contributed by atoms with Crippen LogP contribution in [0.2, 0.25) is 0 Å². The highest BCUT2D eigenvalue weighted by Crippen LogP contribution is 2.34. The second-order valence-corrected chi connectivity index (χ2v) is 10.1. The summed E-state index contributed by atoms with van der Waals surface area (Å²) >= 11 is 3.25. The first-order chi connectivity index (χ1) is 17.8. The number of hydrogen-bond acceptors (Lipinski definition) is 8. The van der Waals surface area contributed by atoms with Crippen LogP contribution >= 0.6 is 33.9 Å². The lowest BCUT2D eigenvalue weighted by molar-refractivity contribution is -0.139. The molecule has 1 atom stereocenters. The van der Waals surface area contributed by atoms with Crippen LogP contribution in [0.4, 0.5) is 0 Å². The van der Waals surface area contributed by atoms with Crippen molar-refractivity contribution in [2.24, 2.45) is 4.99 Å². The van der Waals surface area contributed by atoms with E-state index in [1.807, 2.05) is 59.8 Å². The van der Waals surface area contributed by atoms with Crippen molar-refractivity contribution in [3.05, 3.63) is 88.1 Å². The zero-order valence-corrected chi connectivity index (χ0v) is 23.2. The van der Waals surface area contributed by atoms with E-state index in [2.05, 4.69) is 4.99 Å². The van der Waals surface area contributed by atoms with Crippen LogP contribution in [0.25, 0.3) is 6.08 Å². The Morgan fingerprint density at radius 3 is 2.57 bits per heavy atom. The molecule has 0 bridgehead atoms. The molecular weight excluding hydrogens is 611 g/mol. The lowest BCUT2D eigenvalue weighted by Gasteiger charge is -2.25. The van der Waals surface area contributed by atoms with Gasteiger partial charge in [0.15, 0.2) is 22.9 Å². The minimum Gasteiger partial charge on any atom is -0.493 e. The molecule has 11 heteroatoms. The molecule has 0 spiro atoms. The number of rotatable bonds is 8. The maximum atomic E-state index is 13.7. The number of carbonyl (C=O) groups is 2. The summed E-state index contributed by atoms with van der Waals surface area (Å²) in [4.78, 5) is 42.6. The normalized spacial score (nSPS) is 15.1. The zero-order chi connectivity index (χ0) is 26.7. The van der Waals surface area contributed by atoms with E-state index in [0.717, 1.165) is 5.56 Å². The van der Waals surface area contributed by atoms with Crippen molar-refractivity contribution in [2.75, 3.05) is 20.8 Å². The fraction of sp³-hybridized carbons (Fsp3) is 0.231. The third-order valence-electron chi connectivity index (χ3n) is 5.66. The van der Waals surface area contributed by atoms with Crippen LogP contribution in [0, 0.1) is 3.57 Å². The van der Waals surface area contributed by atoms with Crippen molar-refractivity contribution in [3.8, 4) is 11.5 Å². The lowest BCUT2D eigenvalue weighted by atomic mass is 9.95. The molecule has 1 aromatic heterocycles. The van der Waals surface area contributed by atoms with Gasteiger partial charge in [0.25, 0.3) is 5.56 Å². The average Bonchev–Trinajstić information content (AvgIpc) is 3.20. The fourth-order valence-electron chi connectivity index (χ4n) is 4.06. The van der Waals surface area contributed by atoms with Gasteiger partial charge < -0.3 is 19.3 Å². The summed E-state index contributed by atoms with van der Waals surface area (Å²) in [6.45, 7) is 1.40. The van der Waals surface area contributed by atoms with Gasteiger partial charge in [-0.3, -0.25) is 9.36 Å². The molecule has 37 heavy (non-hydrogen) atoms. The molecule has 3 aromatic rings. The minimum atomic E-state index is -1.10. The molecule has 0 saturated heterocycles. The molecule has 1 aliphatic rings. The van der Waals surface area contributed by atoms with Crippen molar-refractivity contribution in [3.63, 3.8) is 0 Å². The Kier molecular flexibility index (Phi) is 8.13. The number of nitrogens with zero attached hydrogens (tertiary/aromatic N) is 2. The van der Waals surface area contributed by atoms with Crippen molar-refractivity contribution in [1.82, 2.24) is 4.57 Å². The molecule has 0 fully saturated rings. The van der Waals surface area contributed by atoms with E-state index in [4.69, 9.17) is 19.3 Å². The molecule has 1 N–H and O–H groups in total. The number of fused-ring (bicyclic) bond motifs is 1. The Hall–Kier alpha value is -3.45. The van der Waals surface area contributed by atoms with Crippen LogP contribution in [0.5, 0.6) is 11.5 Å². The summed E-state index contributed by atoms with van der Waals surface area (Å²) in [7, 11) is 2.77. The van der Waals surface area contributed by atoms with E-state index >= 15 is 0 Å². The number of aliphatic carboxylic acids is 1. The Balaban J connectivity index is 1.90.